The molecular formula is C13H18N4O2. The summed E-state index contributed by atoms with van der Waals surface area (Å²) < 4.78 is 1.30. The van der Waals surface area contributed by atoms with Crippen molar-refractivity contribution in [2.75, 3.05) is 13.6 Å². The highest BCUT2D eigenvalue weighted by atomic mass is 16.2. The molecule has 2 heterocycles. The first-order valence-electron chi connectivity index (χ1n) is 6.71. The lowest BCUT2D eigenvalue weighted by Gasteiger charge is -2.19. The second kappa shape index (κ2) is 4.77. The van der Waals surface area contributed by atoms with Crippen LogP contribution in [0.4, 0.5) is 0 Å². The molecule has 1 amide bonds. The summed E-state index contributed by atoms with van der Waals surface area (Å²) in [5.41, 5.74) is 1.69. The summed E-state index contributed by atoms with van der Waals surface area (Å²) in [5.74, 6) is -0.0361. The molecule has 102 valence electrons. The Kier molecular flexibility index (Phi) is 3.10. The van der Waals surface area contributed by atoms with Crippen molar-refractivity contribution in [3.63, 3.8) is 0 Å². The molecule has 1 aromatic heterocycles. The van der Waals surface area contributed by atoms with E-state index in [2.05, 4.69) is 10.4 Å². The summed E-state index contributed by atoms with van der Waals surface area (Å²) in [6, 6.07) is 1.96. The van der Waals surface area contributed by atoms with Crippen molar-refractivity contribution in [2.45, 2.75) is 38.4 Å². The van der Waals surface area contributed by atoms with E-state index in [1.807, 2.05) is 0 Å². The molecule has 19 heavy (non-hydrogen) atoms. The van der Waals surface area contributed by atoms with Crippen molar-refractivity contribution < 1.29 is 4.79 Å². The molecule has 1 N–H and O–H groups in total. The zero-order valence-corrected chi connectivity index (χ0v) is 11.1. The molecule has 2 aliphatic rings. The van der Waals surface area contributed by atoms with E-state index in [0.29, 0.717) is 12.6 Å². The smallest absolute Gasteiger partial charge is 0.267 e. The predicted octanol–water partition coefficient (Wildman–Crippen LogP) is -0.490. The van der Waals surface area contributed by atoms with Crippen molar-refractivity contribution >= 4 is 5.91 Å². The van der Waals surface area contributed by atoms with Gasteiger partial charge in [0.2, 0.25) is 5.91 Å². The van der Waals surface area contributed by atoms with Crippen LogP contribution in [0.5, 0.6) is 0 Å². The predicted molar refractivity (Wildman–Crippen MR) is 69.7 cm³/mol. The van der Waals surface area contributed by atoms with Gasteiger partial charge >= 0.3 is 0 Å². The van der Waals surface area contributed by atoms with Crippen LogP contribution >= 0.6 is 0 Å². The fraction of sp³-hybridized carbons (Fsp3) is 0.615. The van der Waals surface area contributed by atoms with Crippen LogP contribution in [0.25, 0.3) is 0 Å². The maximum atomic E-state index is 12.0. The van der Waals surface area contributed by atoms with E-state index < -0.39 is 0 Å². The number of nitrogens with one attached hydrogen (secondary N) is 1. The normalized spacial score (nSPS) is 17.9. The molecule has 0 aromatic carbocycles. The van der Waals surface area contributed by atoms with Gasteiger partial charge in [-0.25, -0.2) is 4.68 Å². The lowest BCUT2D eigenvalue weighted by atomic mass is 10.1. The number of carbonyl (C=O) groups excluding carboxylic acids is 1. The van der Waals surface area contributed by atoms with Gasteiger partial charge in [0.05, 0.1) is 5.69 Å². The van der Waals surface area contributed by atoms with Crippen molar-refractivity contribution in [1.82, 2.24) is 20.0 Å². The molecule has 1 aliphatic carbocycles. The van der Waals surface area contributed by atoms with Crippen LogP contribution in [0.3, 0.4) is 0 Å². The summed E-state index contributed by atoms with van der Waals surface area (Å²) in [6.07, 6.45) is 2.95. The first kappa shape index (κ1) is 12.3. The van der Waals surface area contributed by atoms with E-state index in [0.717, 1.165) is 37.1 Å². The molecule has 0 unspecified atom stereocenters. The Morgan fingerprint density at radius 1 is 1.58 bits per heavy atom. The molecule has 1 aliphatic heterocycles. The van der Waals surface area contributed by atoms with E-state index in [1.54, 1.807) is 18.0 Å². The van der Waals surface area contributed by atoms with Crippen LogP contribution in [0.2, 0.25) is 0 Å². The van der Waals surface area contributed by atoms with Gasteiger partial charge in [-0.3, -0.25) is 9.59 Å². The van der Waals surface area contributed by atoms with Crippen molar-refractivity contribution in [3.05, 3.63) is 27.7 Å². The first-order valence-corrected chi connectivity index (χ1v) is 6.71. The highest BCUT2D eigenvalue weighted by molar-refractivity contribution is 5.76. The van der Waals surface area contributed by atoms with E-state index in [9.17, 15) is 9.59 Å². The summed E-state index contributed by atoms with van der Waals surface area (Å²) >= 11 is 0. The molecule has 6 nitrogen and oxygen atoms in total. The van der Waals surface area contributed by atoms with Gasteiger partial charge in [0.15, 0.2) is 0 Å². The Morgan fingerprint density at radius 3 is 3.11 bits per heavy atom. The minimum atomic E-state index is -0.194. The molecule has 0 saturated heterocycles. The third kappa shape index (κ3) is 2.53. The van der Waals surface area contributed by atoms with Crippen molar-refractivity contribution in [1.29, 1.82) is 0 Å². The number of likely N-dealkylation sites (N-methyl/N-ethyl adjacent to an activating group) is 1. The Morgan fingerprint density at radius 2 is 2.37 bits per heavy atom. The zero-order valence-electron chi connectivity index (χ0n) is 11.1. The number of amides is 1. The highest BCUT2D eigenvalue weighted by Crippen LogP contribution is 2.25. The lowest BCUT2D eigenvalue weighted by Crippen LogP contribution is -2.38. The number of rotatable bonds is 3. The highest BCUT2D eigenvalue weighted by Gasteiger charge is 2.29. The van der Waals surface area contributed by atoms with Crippen molar-refractivity contribution in [2.24, 2.45) is 0 Å². The summed E-state index contributed by atoms with van der Waals surface area (Å²) in [4.78, 5) is 25.7. The summed E-state index contributed by atoms with van der Waals surface area (Å²) in [5, 5.41) is 7.54. The zero-order chi connectivity index (χ0) is 13.4. The molecule has 0 radical (unpaired) electrons. The average molecular weight is 262 g/mol. The Balaban J connectivity index is 1.80. The molecule has 3 rings (SSSR count). The summed E-state index contributed by atoms with van der Waals surface area (Å²) in [6.45, 7) is 1.61. The van der Waals surface area contributed by atoms with E-state index >= 15 is 0 Å². The van der Waals surface area contributed by atoms with Gasteiger partial charge in [-0.05, 0) is 18.4 Å². The largest absolute Gasteiger partial charge is 0.341 e. The van der Waals surface area contributed by atoms with Gasteiger partial charge < -0.3 is 10.2 Å². The third-order valence-electron chi connectivity index (χ3n) is 3.79. The molecule has 1 saturated carbocycles. The lowest BCUT2D eigenvalue weighted by molar-refractivity contribution is -0.131. The maximum absolute atomic E-state index is 12.0. The molecular weight excluding hydrogens is 244 g/mol. The second-order valence-electron chi connectivity index (χ2n) is 5.27. The Hall–Kier alpha value is -1.69. The van der Waals surface area contributed by atoms with Crippen LogP contribution < -0.4 is 10.9 Å². The molecule has 1 aromatic rings. The van der Waals surface area contributed by atoms with Crippen LogP contribution in [-0.2, 0) is 24.3 Å². The Bertz CT molecular complexity index is 562. The second-order valence-corrected chi connectivity index (χ2v) is 5.27. The SMILES string of the molecule is CN(C(=O)Cn1nc2c(cc1=O)CNCC2)C1CC1. The van der Waals surface area contributed by atoms with E-state index in [-0.39, 0.29) is 18.0 Å². The fourth-order valence-corrected chi connectivity index (χ4v) is 2.38. The number of hydrogen-bond donors (Lipinski definition) is 1. The van der Waals surface area contributed by atoms with E-state index in [1.165, 1.54) is 4.68 Å². The molecule has 0 spiro atoms. The monoisotopic (exact) mass is 262 g/mol. The molecule has 1 fully saturated rings. The van der Waals surface area contributed by atoms with E-state index in [4.69, 9.17) is 0 Å². The minimum absolute atomic E-state index is 0.0361. The molecule has 0 atom stereocenters. The van der Waals surface area contributed by atoms with Gasteiger partial charge in [0, 0.05) is 38.7 Å². The van der Waals surface area contributed by atoms with Gasteiger partial charge in [-0.2, -0.15) is 5.10 Å². The van der Waals surface area contributed by atoms with Gasteiger partial charge in [-0.15, -0.1) is 0 Å². The third-order valence-corrected chi connectivity index (χ3v) is 3.79. The van der Waals surface area contributed by atoms with Gasteiger partial charge in [-0.1, -0.05) is 0 Å². The van der Waals surface area contributed by atoms with Crippen LogP contribution in [0, 0.1) is 0 Å². The number of fused-ring (bicyclic) bond motifs is 1. The van der Waals surface area contributed by atoms with Gasteiger partial charge in [0.1, 0.15) is 6.54 Å². The fourth-order valence-electron chi connectivity index (χ4n) is 2.38. The molecule has 0 bridgehead atoms. The standard InChI is InChI=1S/C13H18N4O2/c1-16(10-2-3-10)13(19)8-17-12(18)6-9-7-14-5-4-11(9)15-17/h6,10,14H,2-5,7-8H2,1H3. The topological polar surface area (TPSA) is 67.2 Å². The number of carbonyl (C=O) groups is 1. The average Bonchev–Trinajstić information content (AvgIpc) is 3.23. The number of hydrogen-bond acceptors (Lipinski definition) is 4. The van der Waals surface area contributed by atoms with Crippen molar-refractivity contribution in [3.8, 4) is 0 Å². The first-order chi connectivity index (χ1) is 9.15. The minimum Gasteiger partial charge on any atom is -0.341 e. The van der Waals surface area contributed by atoms with Crippen LogP contribution in [0.15, 0.2) is 10.9 Å². The number of nitrogens with zero attached hydrogens (tertiary/aromatic N) is 3. The maximum Gasteiger partial charge on any atom is 0.267 e. The Labute approximate surface area is 111 Å². The molecule has 6 heteroatoms. The summed E-state index contributed by atoms with van der Waals surface area (Å²) in [7, 11) is 1.80. The van der Waals surface area contributed by atoms with Crippen LogP contribution in [0.1, 0.15) is 24.1 Å². The number of aromatic nitrogens is 2. The quantitative estimate of drug-likeness (QED) is 0.798. The van der Waals surface area contributed by atoms with Gasteiger partial charge in [0.25, 0.3) is 5.56 Å². The van der Waals surface area contributed by atoms with Crippen LogP contribution in [-0.4, -0.2) is 40.2 Å².